The van der Waals surface area contributed by atoms with Gasteiger partial charge in [-0.05, 0) is 60.5 Å². The Labute approximate surface area is 205 Å². The number of anilines is 1. The van der Waals surface area contributed by atoms with Crippen molar-refractivity contribution >= 4 is 27.6 Å². The summed E-state index contributed by atoms with van der Waals surface area (Å²) in [7, 11) is 0.634. The largest absolute Gasteiger partial charge is 0.497 e. The second kappa shape index (κ2) is 11.1. The van der Waals surface area contributed by atoms with E-state index in [9.17, 15) is 18.0 Å². The Bertz CT molecular complexity index is 1310. The molecule has 0 saturated carbocycles. The minimum Gasteiger partial charge on any atom is -0.497 e. The van der Waals surface area contributed by atoms with Gasteiger partial charge in [0.1, 0.15) is 5.75 Å². The first-order valence-electron chi connectivity index (χ1n) is 10.8. The molecule has 0 saturated heterocycles. The van der Waals surface area contributed by atoms with Gasteiger partial charge in [-0.1, -0.05) is 30.3 Å². The normalized spacial score (nSPS) is 11.0. The molecule has 0 spiro atoms. The van der Waals surface area contributed by atoms with Gasteiger partial charge in [0.05, 0.1) is 23.3 Å². The SMILES string of the molecule is COc1ccc(N(C)S(=O)(=O)c2cccc(C(=O)OCC(=O)N(C)Cc3ccccc3C)c2)cc1. The molecule has 3 rings (SSSR count). The topological polar surface area (TPSA) is 93.2 Å². The minimum atomic E-state index is -3.94. The van der Waals surface area contributed by atoms with E-state index in [1.807, 2.05) is 31.2 Å². The number of esters is 1. The average molecular weight is 497 g/mol. The molecular weight excluding hydrogens is 468 g/mol. The molecule has 0 radical (unpaired) electrons. The Morgan fingerprint density at radius 1 is 0.914 bits per heavy atom. The molecule has 0 atom stereocenters. The molecule has 0 aliphatic rings. The Balaban J connectivity index is 1.66. The van der Waals surface area contributed by atoms with E-state index in [1.54, 1.807) is 31.3 Å². The summed E-state index contributed by atoms with van der Waals surface area (Å²) in [5.74, 6) is -0.556. The summed E-state index contributed by atoms with van der Waals surface area (Å²) in [5.41, 5.74) is 2.51. The quantitative estimate of drug-likeness (QED) is 0.420. The monoisotopic (exact) mass is 496 g/mol. The first kappa shape index (κ1) is 25.8. The molecule has 0 heterocycles. The fraction of sp³-hybridized carbons (Fsp3) is 0.231. The summed E-state index contributed by atoms with van der Waals surface area (Å²) in [6, 6.07) is 19.8. The zero-order valence-corrected chi connectivity index (χ0v) is 20.9. The highest BCUT2D eigenvalue weighted by atomic mass is 32.2. The summed E-state index contributed by atoms with van der Waals surface area (Å²) in [4.78, 5) is 26.4. The molecule has 0 N–H and O–H groups in total. The molecule has 0 fully saturated rings. The molecular formula is C26H28N2O6S. The number of amides is 1. The highest BCUT2D eigenvalue weighted by Crippen LogP contribution is 2.25. The van der Waals surface area contributed by atoms with Gasteiger partial charge in [0.2, 0.25) is 0 Å². The van der Waals surface area contributed by atoms with Crippen LogP contribution in [0.1, 0.15) is 21.5 Å². The molecule has 35 heavy (non-hydrogen) atoms. The maximum absolute atomic E-state index is 13.1. The van der Waals surface area contributed by atoms with Gasteiger partial charge >= 0.3 is 5.97 Å². The Hall–Kier alpha value is -3.85. The highest BCUT2D eigenvalue weighted by Gasteiger charge is 2.23. The van der Waals surface area contributed by atoms with Gasteiger partial charge in [-0.3, -0.25) is 9.10 Å². The van der Waals surface area contributed by atoms with E-state index in [2.05, 4.69) is 0 Å². The van der Waals surface area contributed by atoms with Crippen LogP contribution in [0.4, 0.5) is 5.69 Å². The first-order valence-corrected chi connectivity index (χ1v) is 12.3. The van der Waals surface area contributed by atoms with Gasteiger partial charge in [0, 0.05) is 20.6 Å². The van der Waals surface area contributed by atoms with E-state index in [4.69, 9.17) is 9.47 Å². The molecule has 9 heteroatoms. The third-order valence-electron chi connectivity index (χ3n) is 5.59. The number of nitrogens with zero attached hydrogens (tertiary/aromatic N) is 2. The van der Waals surface area contributed by atoms with Crippen molar-refractivity contribution < 1.29 is 27.5 Å². The summed E-state index contributed by atoms with van der Waals surface area (Å²) in [6.07, 6.45) is 0. The number of sulfonamides is 1. The van der Waals surface area contributed by atoms with Crippen LogP contribution in [-0.2, 0) is 26.1 Å². The molecule has 0 aromatic heterocycles. The zero-order valence-electron chi connectivity index (χ0n) is 20.1. The van der Waals surface area contributed by atoms with Crippen LogP contribution in [-0.4, -0.2) is 53.0 Å². The lowest BCUT2D eigenvalue weighted by Gasteiger charge is -2.20. The molecule has 0 unspecified atom stereocenters. The predicted octanol–water partition coefficient (Wildman–Crippen LogP) is 3.64. The van der Waals surface area contributed by atoms with E-state index >= 15 is 0 Å². The van der Waals surface area contributed by atoms with Crippen LogP contribution in [0, 0.1) is 6.92 Å². The van der Waals surface area contributed by atoms with E-state index in [-0.39, 0.29) is 16.4 Å². The number of benzene rings is 3. The lowest BCUT2D eigenvalue weighted by atomic mass is 10.1. The summed E-state index contributed by atoms with van der Waals surface area (Å²) in [6.45, 7) is 1.89. The molecule has 1 amide bonds. The second-order valence-corrected chi connectivity index (χ2v) is 9.92. The number of hydrogen-bond donors (Lipinski definition) is 0. The predicted molar refractivity (Wildman–Crippen MR) is 133 cm³/mol. The molecule has 3 aromatic rings. The number of methoxy groups -OCH3 is 1. The van der Waals surface area contributed by atoms with Crippen LogP contribution in [0.15, 0.2) is 77.7 Å². The number of rotatable bonds is 9. The number of ether oxygens (including phenoxy) is 2. The van der Waals surface area contributed by atoms with Crippen molar-refractivity contribution in [2.45, 2.75) is 18.4 Å². The van der Waals surface area contributed by atoms with Crippen LogP contribution in [0.25, 0.3) is 0 Å². The highest BCUT2D eigenvalue weighted by molar-refractivity contribution is 7.92. The fourth-order valence-electron chi connectivity index (χ4n) is 3.32. The number of likely N-dealkylation sites (N-methyl/N-ethyl adjacent to an activating group) is 1. The van der Waals surface area contributed by atoms with Crippen LogP contribution >= 0.6 is 0 Å². The average Bonchev–Trinajstić information content (AvgIpc) is 2.88. The van der Waals surface area contributed by atoms with Gasteiger partial charge in [-0.15, -0.1) is 0 Å². The third-order valence-corrected chi connectivity index (χ3v) is 7.37. The summed E-state index contributed by atoms with van der Waals surface area (Å²) in [5, 5.41) is 0. The molecule has 0 bridgehead atoms. The molecule has 0 aliphatic heterocycles. The summed E-state index contributed by atoms with van der Waals surface area (Å²) >= 11 is 0. The van der Waals surface area contributed by atoms with Gasteiger partial charge in [0.25, 0.3) is 15.9 Å². The van der Waals surface area contributed by atoms with Crippen LogP contribution < -0.4 is 9.04 Å². The number of hydrogen-bond acceptors (Lipinski definition) is 6. The summed E-state index contributed by atoms with van der Waals surface area (Å²) < 4.78 is 37.6. The fourth-order valence-corrected chi connectivity index (χ4v) is 4.57. The minimum absolute atomic E-state index is 0.0311. The van der Waals surface area contributed by atoms with Gasteiger partial charge in [0.15, 0.2) is 6.61 Å². The van der Waals surface area contributed by atoms with Crippen molar-refractivity contribution in [3.63, 3.8) is 0 Å². The van der Waals surface area contributed by atoms with Crippen molar-refractivity contribution in [2.24, 2.45) is 0 Å². The first-order chi connectivity index (χ1) is 16.6. The van der Waals surface area contributed by atoms with Crippen LogP contribution in [0.3, 0.4) is 0 Å². The lowest BCUT2D eigenvalue weighted by Crippen LogP contribution is -2.31. The number of carbonyl (C=O) groups excluding carboxylic acids is 2. The van der Waals surface area contributed by atoms with Crippen molar-refractivity contribution in [3.8, 4) is 5.75 Å². The van der Waals surface area contributed by atoms with E-state index in [0.29, 0.717) is 18.0 Å². The lowest BCUT2D eigenvalue weighted by molar-refractivity contribution is -0.133. The van der Waals surface area contributed by atoms with Gasteiger partial charge in [-0.25, -0.2) is 13.2 Å². The molecule has 3 aromatic carbocycles. The maximum atomic E-state index is 13.1. The van der Waals surface area contributed by atoms with Crippen molar-refractivity contribution in [1.29, 1.82) is 0 Å². The zero-order chi connectivity index (χ0) is 25.6. The van der Waals surface area contributed by atoms with Crippen molar-refractivity contribution in [2.75, 3.05) is 32.1 Å². The maximum Gasteiger partial charge on any atom is 0.338 e. The standard InChI is InChI=1S/C26H28N2O6S/c1-19-8-5-6-9-21(19)17-27(2)25(29)18-34-26(30)20-10-7-11-24(16-20)35(31,32)28(3)22-12-14-23(33-4)15-13-22/h5-16H,17-18H2,1-4H3. The molecule has 0 aliphatic carbocycles. The van der Waals surface area contributed by atoms with E-state index < -0.39 is 22.6 Å². The van der Waals surface area contributed by atoms with E-state index in [0.717, 1.165) is 15.4 Å². The number of carbonyl (C=O) groups is 2. The van der Waals surface area contributed by atoms with Crippen LogP contribution in [0.2, 0.25) is 0 Å². The van der Waals surface area contributed by atoms with Gasteiger partial charge < -0.3 is 14.4 Å². The third kappa shape index (κ3) is 6.19. The van der Waals surface area contributed by atoms with Crippen LogP contribution in [0.5, 0.6) is 5.75 Å². The van der Waals surface area contributed by atoms with Crippen molar-refractivity contribution in [1.82, 2.24) is 4.90 Å². The second-order valence-electron chi connectivity index (χ2n) is 7.95. The Kier molecular flexibility index (Phi) is 8.14. The molecule has 8 nitrogen and oxygen atoms in total. The Morgan fingerprint density at radius 3 is 2.26 bits per heavy atom. The smallest absolute Gasteiger partial charge is 0.338 e. The Morgan fingerprint density at radius 2 is 1.60 bits per heavy atom. The number of aryl methyl sites for hydroxylation is 1. The van der Waals surface area contributed by atoms with Crippen molar-refractivity contribution in [3.05, 3.63) is 89.5 Å². The molecule has 184 valence electrons. The van der Waals surface area contributed by atoms with Gasteiger partial charge in [-0.2, -0.15) is 0 Å². The van der Waals surface area contributed by atoms with E-state index in [1.165, 1.54) is 43.3 Å².